The van der Waals surface area contributed by atoms with E-state index in [2.05, 4.69) is 0 Å². The van der Waals surface area contributed by atoms with E-state index >= 15 is 0 Å². The van der Waals surface area contributed by atoms with E-state index in [-0.39, 0.29) is 17.7 Å². The number of anilines is 2. The van der Waals surface area contributed by atoms with Crippen LogP contribution in [0.2, 0.25) is 0 Å². The summed E-state index contributed by atoms with van der Waals surface area (Å²) in [6.45, 7) is 1.45. The molecule has 0 radical (unpaired) electrons. The van der Waals surface area contributed by atoms with Crippen LogP contribution in [0.1, 0.15) is 27.6 Å². The number of imide groups is 1. The standard InChI is InChI=1S/C17H14N2O3/c1-11(20)18(2)12-6-5-7-13(10-12)19-16(21)14-8-3-4-9-15(14)17(19)22/h3-10H,1-2H3. The second-order valence-corrected chi connectivity index (χ2v) is 5.09. The molecule has 0 N–H and O–H groups in total. The molecule has 5 heteroatoms. The number of hydrogen-bond donors (Lipinski definition) is 0. The molecule has 3 amide bonds. The van der Waals surface area contributed by atoms with Gasteiger partial charge in [-0.15, -0.1) is 0 Å². The Balaban J connectivity index is 2.03. The summed E-state index contributed by atoms with van der Waals surface area (Å²) in [5, 5.41) is 0. The third kappa shape index (κ3) is 2.07. The summed E-state index contributed by atoms with van der Waals surface area (Å²) < 4.78 is 0. The predicted octanol–water partition coefficient (Wildman–Crippen LogP) is 2.47. The zero-order chi connectivity index (χ0) is 15.9. The van der Waals surface area contributed by atoms with Gasteiger partial charge in [0.25, 0.3) is 11.8 Å². The monoisotopic (exact) mass is 294 g/mol. The van der Waals surface area contributed by atoms with Crippen molar-refractivity contribution in [1.29, 1.82) is 0 Å². The lowest BCUT2D eigenvalue weighted by molar-refractivity contribution is -0.116. The molecule has 1 aliphatic rings. The van der Waals surface area contributed by atoms with E-state index in [0.717, 1.165) is 4.90 Å². The molecule has 0 saturated heterocycles. The molecular weight excluding hydrogens is 280 g/mol. The normalized spacial score (nSPS) is 13.3. The Morgan fingerprint density at radius 2 is 1.55 bits per heavy atom. The average molecular weight is 294 g/mol. The zero-order valence-electron chi connectivity index (χ0n) is 12.2. The van der Waals surface area contributed by atoms with Crippen LogP contribution in [0.5, 0.6) is 0 Å². The van der Waals surface area contributed by atoms with Gasteiger partial charge in [0, 0.05) is 19.7 Å². The molecule has 0 fully saturated rings. The van der Waals surface area contributed by atoms with Gasteiger partial charge in [-0.3, -0.25) is 14.4 Å². The first-order valence-electron chi connectivity index (χ1n) is 6.83. The van der Waals surface area contributed by atoms with Gasteiger partial charge in [-0.2, -0.15) is 0 Å². The van der Waals surface area contributed by atoms with Crippen molar-refractivity contribution in [2.75, 3.05) is 16.8 Å². The SMILES string of the molecule is CC(=O)N(C)c1cccc(N2C(=O)c3ccccc3C2=O)c1. The maximum absolute atomic E-state index is 12.4. The fraction of sp³-hybridized carbons (Fsp3) is 0.118. The molecule has 2 aromatic carbocycles. The lowest BCUT2D eigenvalue weighted by Crippen LogP contribution is -2.30. The van der Waals surface area contributed by atoms with Crippen molar-refractivity contribution in [2.45, 2.75) is 6.92 Å². The summed E-state index contributed by atoms with van der Waals surface area (Å²) in [6, 6.07) is 13.5. The van der Waals surface area contributed by atoms with Crippen molar-refractivity contribution in [2.24, 2.45) is 0 Å². The van der Waals surface area contributed by atoms with Crippen LogP contribution in [0.15, 0.2) is 48.5 Å². The molecular formula is C17H14N2O3. The summed E-state index contributed by atoms with van der Waals surface area (Å²) in [5.74, 6) is -0.814. The Labute approximate surface area is 127 Å². The van der Waals surface area contributed by atoms with Gasteiger partial charge >= 0.3 is 0 Å². The van der Waals surface area contributed by atoms with Crippen LogP contribution < -0.4 is 9.80 Å². The van der Waals surface area contributed by atoms with Crippen LogP contribution in [0.3, 0.4) is 0 Å². The van der Waals surface area contributed by atoms with E-state index in [1.165, 1.54) is 11.8 Å². The largest absolute Gasteiger partial charge is 0.316 e. The van der Waals surface area contributed by atoms with Gasteiger partial charge in [0.2, 0.25) is 5.91 Å². The number of carbonyl (C=O) groups is 3. The second kappa shape index (κ2) is 5.11. The summed E-state index contributed by atoms with van der Waals surface area (Å²) in [7, 11) is 1.64. The first-order chi connectivity index (χ1) is 10.5. The minimum absolute atomic E-state index is 0.125. The first kappa shape index (κ1) is 14.0. The maximum Gasteiger partial charge on any atom is 0.266 e. The Bertz CT molecular complexity index is 763. The minimum Gasteiger partial charge on any atom is -0.316 e. The second-order valence-electron chi connectivity index (χ2n) is 5.09. The Morgan fingerprint density at radius 1 is 0.955 bits per heavy atom. The quantitative estimate of drug-likeness (QED) is 0.799. The molecule has 0 unspecified atom stereocenters. The van der Waals surface area contributed by atoms with Crippen LogP contribution in [0.25, 0.3) is 0 Å². The molecule has 110 valence electrons. The van der Waals surface area contributed by atoms with Gasteiger partial charge in [0.05, 0.1) is 16.8 Å². The van der Waals surface area contributed by atoms with Crippen molar-refractivity contribution in [3.63, 3.8) is 0 Å². The van der Waals surface area contributed by atoms with E-state index in [1.807, 2.05) is 0 Å². The van der Waals surface area contributed by atoms with E-state index < -0.39 is 0 Å². The molecule has 5 nitrogen and oxygen atoms in total. The molecule has 0 spiro atoms. The van der Waals surface area contributed by atoms with Gasteiger partial charge in [-0.25, -0.2) is 4.90 Å². The fourth-order valence-corrected chi connectivity index (χ4v) is 2.45. The maximum atomic E-state index is 12.4. The number of benzene rings is 2. The van der Waals surface area contributed by atoms with Gasteiger partial charge < -0.3 is 4.90 Å². The van der Waals surface area contributed by atoms with Crippen LogP contribution >= 0.6 is 0 Å². The molecule has 22 heavy (non-hydrogen) atoms. The van der Waals surface area contributed by atoms with Crippen LogP contribution in [-0.2, 0) is 4.79 Å². The van der Waals surface area contributed by atoms with Crippen molar-refractivity contribution in [1.82, 2.24) is 0 Å². The third-order valence-electron chi connectivity index (χ3n) is 3.74. The van der Waals surface area contributed by atoms with E-state index in [9.17, 15) is 14.4 Å². The summed E-state index contributed by atoms with van der Waals surface area (Å²) in [5.41, 5.74) is 1.88. The fourth-order valence-electron chi connectivity index (χ4n) is 2.45. The molecule has 3 rings (SSSR count). The smallest absolute Gasteiger partial charge is 0.266 e. The highest BCUT2D eigenvalue weighted by atomic mass is 16.2. The first-order valence-corrected chi connectivity index (χ1v) is 6.83. The lowest BCUT2D eigenvalue weighted by Gasteiger charge is -2.19. The highest BCUT2D eigenvalue weighted by molar-refractivity contribution is 6.34. The van der Waals surface area contributed by atoms with Crippen LogP contribution in [0.4, 0.5) is 11.4 Å². The van der Waals surface area contributed by atoms with Crippen LogP contribution in [0, 0.1) is 0 Å². The molecule has 2 aromatic rings. The lowest BCUT2D eigenvalue weighted by atomic mass is 10.1. The Hall–Kier alpha value is -2.95. The number of carbonyl (C=O) groups excluding carboxylic acids is 3. The summed E-state index contributed by atoms with van der Waals surface area (Å²) in [6.07, 6.45) is 0. The molecule has 1 heterocycles. The number of nitrogens with zero attached hydrogens (tertiary/aromatic N) is 2. The predicted molar refractivity (Wildman–Crippen MR) is 83.1 cm³/mol. The minimum atomic E-state index is -0.344. The Kier molecular flexibility index (Phi) is 3.25. The third-order valence-corrected chi connectivity index (χ3v) is 3.74. The van der Waals surface area contributed by atoms with E-state index in [4.69, 9.17) is 0 Å². The van der Waals surface area contributed by atoms with Crippen molar-refractivity contribution < 1.29 is 14.4 Å². The number of rotatable bonds is 2. The average Bonchev–Trinajstić information content (AvgIpc) is 2.78. The topological polar surface area (TPSA) is 57.7 Å². The van der Waals surface area contributed by atoms with E-state index in [1.54, 1.807) is 55.6 Å². The summed E-state index contributed by atoms with van der Waals surface area (Å²) >= 11 is 0. The summed E-state index contributed by atoms with van der Waals surface area (Å²) in [4.78, 5) is 39.0. The van der Waals surface area contributed by atoms with Crippen molar-refractivity contribution >= 4 is 29.1 Å². The van der Waals surface area contributed by atoms with Gasteiger partial charge in [-0.1, -0.05) is 18.2 Å². The van der Waals surface area contributed by atoms with Gasteiger partial charge in [0.1, 0.15) is 0 Å². The highest BCUT2D eigenvalue weighted by Crippen LogP contribution is 2.30. The van der Waals surface area contributed by atoms with Gasteiger partial charge in [0.15, 0.2) is 0 Å². The van der Waals surface area contributed by atoms with Crippen molar-refractivity contribution in [3.8, 4) is 0 Å². The highest BCUT2D eigenvalue weighted by Gasteiger charge is 2.36. The van der Waals surface area contributed by atoms with Gasteiger partial charge in [-0.05, 0) is 30.3 Å². The van der Waals surface area contributed by atoms with Crippen molar-refractivity contribution in [3.05, 3.63) is 59.7 Å². The molecule has 0 aliphatic carbocycles. The molecule has 0 saturated carbocycles. The van der Waals surface area contributed by atoms with E-state index in [0.29, 0.717) is 22.5 Å². The molecule has 1 aliphatic heterocycles. The molecule has 0 aromatic heterocycles. The zero-order valence-corrected chi connectivity index (χ0v) is 12.2. The number of fused-ring (bicyclic) bond motifs is 1. The molecule has 0 atom stereocenters. The molecule has 0 bridgehead atoms. The number of hydrogen-bond acceptors (Lipinski definition) is 3. The Morgan fingerprint density at radius 3 is 2.09 bits per heavy atom. The number of amides is 3. The van der Waals surface area contributed by atoms with Crippen LogP contribution in [-0.4, -0.2) is 24.8 Å².